The zero-order valence-electron chi connectivity index (χ0n) is 13.0. The number of hydrogen-bond donors (Lipinski definition) is 1. The number of carbonyl (C=O) groups is 1. The minimum absolute atomic E-state index is 0.225. The molecule has 0 aromatic heterocycles. The molecular formula is C16H26N2O2. The molecule has 0 aliphatic carbocycles. The van der Waals surface area contributed by atoms with E-state index in [1.165, 1.54) is 0 Å². The Bertz CT molecular complexity index is 408. The third-order valence-electron chi connectivity index (χ3n) is 3.43. The number of hydrogen-bond acceptors (Lipinski definition) is 4. The van der Waals surface area contributed by atoms with Crippen molar-refractivity contribution in [3.8, 4) is 0 Å². The lowest BCUT2D eigenvalue weighted by Crippen LogP contribution is -2.55. The van der Waals surface area contributed by atoms with Crippen LogP contribution < -0.4 is 5.32 Å². The summed E-state index contributed by atoms with van der Waals surface area (Å²) in [5.74, 6) is -0.225. The lowest BCUT2D eigenvalue weighted by atomic mass is 9.89. The molecule has 1 N–H and O–H groups in total. The Hall–Kier alpha value is -1.39. The molecule has 1 aromatic carbocycles. The molecule has 0 spiro atoms. The van der Waals surface area contributed by atoms with Gasteiger partial charge < -0.3 is 15.0 Å². The van der Waals surface area contributed by atoms with Crippen LogP contribution in [0.5, 0.6) is 0 Å². The monoisotopic (exact) mass is 278 g/mol. The number of nitrogens with zero attached hydrogens (tertiary/aromatic N) is 1. The van der Waals surface area contributed by atoms with Gasteiger partial charge in [-0.1, -0.05) is 37.3 Å². The number of nitrogens with one attached hydrogen (secondary N) is 1. The normalized spacial score (nSPS) is 14.1. The largest absolute Gasteiger partial charge is 0.464 e. The summed E-state index contributed by atoms with van der Waals surface area (Å²) in [6, 6.07) is 9.77. The van der Waals surface area contributed by atoms with Gasteiger partial charge >= 0.3 is 5.97 Å². The number of rotatable bonds is 8. The van der Waals surface area contributed by atoms with Gasteiger partial charge in [0.15, 0.2) is 5.54 Å². The Morgan fingerprint density at radius 2 is 1.95 bits per heavy atom. The van der Waals surface area contributed by atoms with Crippen molar-refractivity contribution < 1.29 is 9.53 Å². The molecule has 1 aromatic rings. The minimum Gasteiger partial charge on any atom is -0.464 e. The van der Waals surface area contributed by atoms with Gasteiger partial charge in [-0.2, -0.15) is 0 Å². The summed E-state index contributed by atoms with van der Waals surface area (Å²) >= 11 is 0. The highest BCUT2D eigenvalue weighted by molar-refractivity contribution is 5.83. The molecule has 4 nitrogen and oxygen atoms in total. The van der Waals surface area contributed by atoms with Gasteiger partial charge in [0, 0.05) is 6.54 Å². The molecule has 0 radical (unpaired) electrons. The van der Waals surface area contributed by atoms with Gasteiger partial charge in [0.1, 0.15) is 0 Å². The topological polar surface area (TPSA) is 41.6 Å². The van der Waals surface area contributed by atoms with Gasteiger partial charge in [-0.25, -0.2) is 4.79 Å². The number of benzene rings is 1. The molecule has 4 heteroatoms. The van der Waals surface area contributed by atoms with Crippen LogP contribution in [0.3, 0.4) is 0 Å². The molecule has 0 saturated carbocycles. The first-order valence-corrected chi connectivity index (χ1v) is 7.21. The molecule has 1 rings (SSSR count). The van der Waals surface area contributed by atoms with E-state index in [4.69, 9.17) is 4.74 Å². The summed E-state index contributed by atoms with van der Waals surface area (Å²) in [6.07, 6.45) is 1.05. The molecule has 1 atom stereocenters. The Kier molecular flexibility index (Phi) is 6.68. The molecular weight excluding hydrogens is 252 g/mol. The van der Waals surface area contributed by atoms with Crippen molar-refractivity contribution in [3.05, 3.63) is 35.9 Å². The SMILES string of the molecule is CCCN(C)CC(NC)(C(=O)OCC)c1ccccc1. The van der Waals surface area contributed by atoms with E-state index >= 15 is 0 Å². The second kappa shape index (κ2) is 8.02. The minimum atomic E-state index is -0.818. The van der Waals surface area contributed by atoms with Crippen LogP contribution >= 0.6 is 0 Å². The number of ether oxygens (including phenoxy) is 1. The van der Waals surface area contributed by atoms with Crippen molar-refractivity contribution in [2.75, 3.05) is 33.8 Å². The zero-order valence-corrected chi connectivity index (χ0v) is 13.0. The van der Waals surface area contributed by atoms with Crippen LogP contribution in [0.2, 0.25) is 0 Å². The summed E-state index contributed by atoms with van der Waals surface area (Å²) in [5, 5.41) is 3.19. The van der Waals surface area contributed by atoms with Crippen LogP contribution in [-0.2, 0) is 15.1 Å². The first-order valence-electron chi connectivity index (χ1n) is 7.21. The molecule has 0 amide bonds. The van der Waals surface area contributed by atoms with Crippen LogP contribution in [0.4, 0.5) is 0 Å². The summed E-state index contributed by atoms with van der Waals surface area (Å²) in [7, 11) is 3.83. The maximum Gasteiger partial charge on any atom is 0.332 e. The molecule has 0 heterocycles. The fourth-order valence-corrected chi connectivity index (χ4v) is 2.44. The lowest BCUT2D eigenvalue weighted by Gasteiger charge is -2.35. The van der Waals surface area contributed by atoms with Crippen molar-refractivity contribution >= 4 is 5.97 Å². The second-order valence-corrected chi connectivity index (χ2v) is 4.98. The van der Waals surface area contributed by atoms with E-state index in [1.807, 2.05) is 51.4 Å². The molecule has 0 aliphatic heterocycles. The van der Waals surface area contributed by atoms with Crippen LogP contribution in [0.1, 0.15) is 25.8 Å². The van der Waals surface area contributed by atoms with E-state index in [0.717, 1.165) is 18.5 Å². The lowest BCUT2D eigenvalue weighted by molar-refractivity contribution is -0.152. The van der Waals surface area contributed by atoms with Crippen molar-refractivity contribution in [2.24, 2.45) is 0 Å². The van der Waals surface area contributed by atoms with E-state index in [2.05, 4.69) is 17.1 Å². The Labute approximate surface area is 122 Å². The smallest absolute Gasteiger partial charge is 0.332 e. The van der Waals surface area contributed by atoms with E-state index in [1.54, 1.807) is 0 Å². The van der Waals surface area contributed by atoms with Gasteiger partial charge in [0.25, 0.3) is 0 Å². The van der Waals surface area contributed by atoms with Gasteiger partial charge in [0.05, 0.1) is 6.61 Å². The van der Waals surface area contributed by atoms with Crippen molar-refractivity contribution in [3.63, 3.8) is 0 Å². The quantitative estimate of drug-likeness (QED) is 0.739. The maximum atomic E-state index is 12.5. The second-order valence-electron chi connectivity index (χ2n) is 4.98. The highest BCUT2D eigenvalue weighted by Gasteiger charge is 2.41. The average Bonchev–Trinajstić information content (AvgIpc) is 2.46. The molecule has 0 saturated heterocycles. The number of esters is 1. The Morgan fingerprint density at radius 3 is 2.45 bits per heavy atom. The first-order chi connectivity index (χ1) is 9.60. The standard InChI is InChI=1S/C16H26N2O2/c1-5-12-18(4)13-16(17-3,15(19)20-6-2)14-10-8-7-9-11-14/h7-11,17H,5-6,12-13H2,1-4H3. The Balaban J connectivity index is 3.12. The average molecular weight is 278 g/mol. The molecule has 0 fully saturated rings. The number of likely N-dealkylation sites (N-methyl/N-ethyl adjacent to an activating group) is 2. The molecule has 0 aliphatic rings. The molecule has 20 heavy (non-hydrogen) atoms. The molecule has 0 bridgehead atoms. The predicted octanol–water partition coefficient (Wildman–Crippen LogP) is 2.01. The first kappa shape index (κ1) is 16.7. The van der Waals surface area contributed by atoms with E-state index in [-0.39, 0.29) is 5.97 Å². The van der Waals surface area contributed by atoms with Gasteiger partial charge in [-0.05, 0) is 39.5 Å². The van der Waals surface area contributed by atoms with Gasteiger partial charge in [0.2, 0.25) is 0 Å². The Morgan fingerprint density at radius 1 is 1.30 bits per heavy atom. The molecule has 1 unspecified atom stereocenters. The third-order valence-corrected chi connectivity index (χ3v) is 3.43. The summed E-state index contributed by atoms with van der Waals surface area (Å²) in [6.45, 7) is 5.87. The number of carbonyl (C=O) groups excluding carboxylic acids is 1. The highest BCUT2D eigenvalue weighted by atomic mass is 16.5. The molecule has 112 valence electrons. The fourth-order valence-electron chi connectivity index (χ4n) is 2.44. The van der Waals surface area contributed by atoms with Crippen LogP contribution in [0.15, 0.2) is 30.3 Å². The van der Waals surface area contributed by atoms with Crippen LogP contribution in [-0.4, -0.2) is 44.7 Å². The van der Waals surface area contributed by atoms with Crippen molar-refractivity contribution in [1.82, 2.24) is 10.2 Å². The maximum absolute atomic E-state index is 12.5. The summed E-state index contributed by atoms with van der Waals surface area (Å²) in [5.41, 5.74) is 0.116. The fraction of sp³-hybridized carbons (Fsp3) is 0.562. The van der Waals surface area contributed by atoms with Gasteiger partial charge in [-0.3, -0.25) is 0 Å². The summed E-state index contributed by atoms with van der Waals surface area (Å²) < 4.78 is 5.30. The van der Waals surface area contributed by atoms with Crippen molar-refractivity contribution in [1.29, 1.82) is 0 Å². The van der Waals surface area contributed by atoms with E-state index in [0.29, 0.717) is 13.2 Å². The third kappa shape index (κ3) is 3.81. The van der Waals surface area contributed by atoms with E-state index < -0.39 is 5.54 Å². The van der Waals surface area contributed by atoms with E-state index in [9.17, 15) is 4.79 Å². The zero-order chi connectivity index (χ0) is 15.0. The summed E-state index contributed by atoms with van der Waals surface area (Å²) in [4.78, 5) is 14.7. The van der Waals surface area contributed by atoms with Crippen LogP contribution in [0, 0.1) is 0 Å². The van der Waals surface area contributed by atoms with Crippen LogP contribution in [0.25, 0.3) is 0 Å². The van der Waals surface area contributed by atoms with Gasteiger partial charge in [-0.15, -0.1) is 0 Å². The highest BCUT2D eigenvalue weighted by Crippen LogP contribution is 2.24. The predicted molar refractivity (Wildman–Crippen MR) is 81.6 cm³/mol. The van der Waals surface area contributed by atoms with Crippen molar-refractivity contribution in [2.45, 2.75) is 25.8 Å².